The summed E-state index contributed by atoms with van der Waals surface area (Å²) in [7, 11) is 4.14. The molecule has 1 unspecified atom stereocenters. The molecular formula is C20H27N3O. The third kappa shape index (κ3) is 2.86. The third-order valence-corrected chi connectivity index (χ3v) is 5.26. The van der Waals surface area contributed by atoms with Gasteiger partial charge in [0.2, 0.25) is 0 Å². The lowest BCUT2D eigenvalue weighted by atomic mass is 10.1. The van der Waals surface area contributed by atoms with Gasteiger partial charge in [0.05, 0.1) is 11.6 Å². The molecule has 4 nitrogen and oxygen atoms in total. The molecule has 4 heteroatoms. The first kappa shape index (κ1) is 16.8. The first-order chi connectivity index (χ1) is 11.4. The predicted octanol–water partition coefficient (Wildman–Crippen LogP) is 3.10. The summed E-state index contributed by atoms with van der Waals surface area (Å²) in [5, 5.41) is 0. The molecule has 1 aromatic carbocycles. The summed E-state index contributed by atoms with van der Waals surface area (Å²) >= 11 is 0. The van der Waals surface area contributed by atoms with Gasteiger partial charge in [-0.05, 0) is 46.5 Å². The van der Waals surface area contributed by atoms with Crippen LogP contribution in [0.15, 0.2) is 36.4 Å². The van der Waals surface area contributed by atoms with Gasteiger partial charge in [-0.25, -0.2) is 0 Å². The molecule has 128 valence electrons. The van der Waals surface area contributed by atoms with Crippen LogP contribution in [-0.2, 0) is 0 Å². The van der Waals surface area contributed by atoms with Crippen molar-refractivity contribution in [3.63, 3.8) is 0 Å². The quantitative estimate of drug-likeness (QED) is 0.864. The second kappa shape index (κ2) is 6.44. The molecule has 0 saturated carbocycles. The second-order valence-corrected chi connectivity index (χ2v) is 7.07. The van der Waals surface area contributed by atoms with E-state index >= 15 is 0 Å². The van der Waals surface area contributed by atoms with Crippen LogP contribution >= 0.6 is 0 Å². The Balaban J connectivity index is 1.84. The number of rotatable bonds is 4. The molecule has 1 aliphatic heterocycles. The summed E-state index contributed by atoms with van der Waals surface area (Å²) in [5.74, 6) is 0.160. The van der Waals surface area contributed by atoms with Gasteiger partial charge in [-0.1, -0.05) is 30.3 Å². The van der Waals surface area contributed by atoms with Gasteiger partial charge in [-0.3, -0.25) is 4.79 Å². The molecule has 3 rings (SSSR count). The van der Waals surface area contributed by atoms with Gasteiger partial charge < -0.3 is 14.4 Å². The van der Waals surface area contributed by atoms with Crippen LogP contribution in [0.1, 0.15) is 40.3 Å². The second-order valence-electron chi connectivity index (χ2n) is 7.07. The number of hydrogen-bond acceptors (Lipinski definition) is 2. The van der Waals surface area contributed by atoms with E-state index in [0.29, 0.717) is 6.04 Å². The molecule has 1 saturated heterocycles. The summed E-state index contributed by atoms with van der Waals surface area (Å²) in [6.45, 7) is 7.98. The molecule has 24 heavy (non-hydrogen) atoms. The van der Waals surface area contributed by atoms with Crippen molar-refractivity contribution < 1.29 is 4.79 Å². The largest absolute Gasteiger partial charge is 0.341 e. The number of likely N-dealkylation sites (N-methyl/N-ethyl adjacent to an activating group) is 1. The first-order valence-corrected chi connectivity index (χ1v) is 8.59. The van der Waals surface area contributed by atoms with Gasteiger partial charge in [0.15, 0.2) is 0 Å². The highest BCUT2D eigenvalue weighted by atomic mass is 16.2. The van der Waals surface area contributed by atoms with Crippen molar-refractivity contribution in [1.29, 1.82) is 0 Å². The highest BCUT2D eigenvalue weighted by molar-refractivity contribution is 5.96. The maximum atomic E-state index is 12.8. The minimum absolute atomic E-state index is 0.160. The number of likely N-dealkylation sites (tertiary alicyclic amines) is 1. The number of aromatic nitrogens is 1. The zero-order valence-corrected chi connectivity index (χ0v) is 15.3. The van der Waals surface area contributed by atoms with E-state index in [2.05, 4.69) is 68.6 Å². The minimum Gasteiger partial charge on any atom is -0.341 e. The van der Waals surface area contributed by atoms with Gasteiger partial charge in [-0.15, -0.1) is 0 Å². The van der Waals surface area contributed by atoms with Gasteiger partial charge in [0.25, 0.3) is 5.91 Å². The van der Waals surface area contributed by atoms with E-state index in [-0.39, 0.29) is 11.9 Å². The maximum Gasteiger partial charge on any atom is 0.255 e. The number of hydrogen-bond donors (Lipinski definition) is 0. The van der Waals surface area contributed by atoms with E-state index < -0.39 is 0 Å². The molecule has 0 N–H and O–H groups in total. The Morgan fingerprint density at radius 3 is 2.38 bits per heavy atom. The van der Waals surface area contributed by atoms with E-state index in [9.17, 15) is 4.79 Å². The van der Waals surface area contributed by atoms with Crippen molar-refractivity contribution in [2.75, 3.05) is 27.2 Å². The fourth-order valence-corrected chi connectivity index (χ4v) is 3.59. The Hall–Kier alpha value is -2.07. The van der Waals surface area contributed by atoms with Crippen LogP contribution in [-0.4, -0.2) is 53.5 Å². The Kier molecular flexibility index (Phi) is 4.50. The number of carbonyl (C=O) groups is 1. The maximum absolute atomic E-state index is 12.8. The molecule has 1 atom stereocenters. The Morgan fingerprint density at radius 1 is 1.17 bits per heavy atom. The van der Waals surface area contributed by atoms with Crippen molar-refractivity contribution >= 4 is 5.91 Å². The zero-order valence-electron chi connectivity index (χ0n) is 15.3. The Morgan fingerprint density at radius 2 is 1.79 bits per heavy atom. The summed E-state index contributed by atoms with van der Waals surface area (Å²) in [4.78, 5) is 17.0. The van der Waals surface area contributed by atoms with Gasteiger partial charge in [0.1, 0.15) is 0 Å². The average molecular weight is 325 g/mol. The lowest BCUT2D eigenvalue weighted by Gasteiger charge is -2.42. The molecule has 1 aromatic heterocycles. The topological polar surface area (TPSA) is 28.5 Å². The number of amides is 1. The molecule has 2 heterocycles. The SMILES string of the molecule is Cc1cc(C(=O)N2CC(N(C)C)C2)c(C)n1C(C)c1ccccc1. The number of carbonyl (C=O) groups excluding carboxylic acids is 1. The van der Waals surface area contributed by atoms with E-state index in [1.54, 1.807) is 0 Å². The Bertz CT molecular complexity index is 727. The van der Waals surface area contributed by atoms with Crippen LogP contribution in [0.3, 0.4) is 0 Å². The number of aryl methyl sites for hydroxylation is 1. The predicted molar refractivity (Wildman–Crippen MR) is 97.5 cm³/mol. The first-order valence-electron chi connectivity index (χ1n) is 8.59. The number of benzene rings is 1. The summed E-state index contributed by atoms with van der Waals surface area (Å²) in [6.07, 6.45) is 0. The standard InChI is InChI=1S/C20H27N3O/c1-14-11-19(20(24)22-12-18(13-22)21(4)5)16(3)23(14)15(2)17-9-7-6-8-10-17/h6-11,15,18H,12-13H2,1-5H3. The summed E-state index contributed by atoms with van der Waals surface area (Å²) in [6, 6.07) is 13.2. The molecule has 0 spiro atoms. The molecule has 0 bridgehead atoms. The monoisotopic (exact) mass is 325 g/mol. The lowest BCUT2D eigenvalue weighted by Crippen LogP contribution is -2.59. The van der Waals surface area contributed by atoms with E-state index in [0.717, 1.165) is 30.0 Å². The van der Waals surface area contributed by atoms with E-state index in [4.69, 9.17) is 0 Å². The van der Waals surface area contributed by atoms with Crippen LogP contribution < -0.4 is 0 Å². The number of nitrogens with zero attached hydrogens (tertiary/aromatic N) is 3. The van der Waals surface area contributed by atoms with Crippen molar-refractivity contribution in [2.24, 2.45) is 0 Å². The normalized spacial score (nSPS) is 16.3. The zero-order chi connectivity index (χ0) is 17.4. The molecule has 1 aliphatic rings. The van der Waals surface area contributed by atoms with Crippen molar-refractivity contribution in [3.05, 3.63) is 58.9 Å². The van der Waals surface area contributed by atoms with Crippen LogP contribution in [0.5, 0.6) is 0 Å². The van der Waals surface area contributed by atoms with E-state index in [1.807, 2.05) is 17.0 Å². The molecule has 0 aliphatic carbocycles. The fraction of sp³-hybridized carbons (Fsp3) is 0.450. The minimum atomic E-state index is 0.160. The van der Waals surface area contributed by atoms with Crippen LogP contribution in [0.25, 0.3) is 0 Å². The highest BCUT2D eigenvalue weighted by Crippen LogP contribution is 2.27. The van der Waals surface area contributed by atoms with Gasteiger partial charge in [0, 0.05) is 30.5 Å². The van der Waals surface area contributed by atoms with E-state index in [1.165, 1.54) is 5.56 Å². The molecule has 0 radical (unpaired) electrons. The van der Waals surface area contributed by atoms with Crippen molar-refractivity contribution in [2.45, 2.75) is 32.9 Å². The van der Waals surface area contributed by atoms with Crippen LogP contribution in [0.4, 0.5) is 0 Å². The molecular weight excluding hydrogens is 298 g/mol. The van der Waals surface area contributed by atoms with Crippen molar-refractivity contribution in [3.8, 4) is 0 Å². The fourth-order valence-electron chi connectivity index (χ4n) is 3.59. The van der Waals surface area contributed by atoms with Crippen LogP contribution in [0, 0.1) is 13.8 Å². The van der Waals surface area contributed by atoms with Gasteiger partial charge >= 0.3 is 0 Å². The molecule has 1 fully saturated rings. The summed E-state index contributed by atoms with van der Waals surface area (Å²) < 4.78 is 2.27. The highest BCUT2D eigenvalue weighted by Gasteiger charge is 2.34. The Labute approximate surface area is 144 Å². The van der Waals surface area contributed by atoms with Crippen LogP contribution in [0.2, 0.25) is 0 Å². The lowest BCUT2D eigenvalue weighted by molar-refractivity contribution is 0.0398. The molecule has 2 aromatic rings. The van der Waals surface area contributed by atoms with Crippen molar-refractivity contribution in [1.82, 2.24) is 14.4 Å². The average Bonchev–Trinajstić information content (AvgIpc) is 2.80. The third-order valence-electron chi connectivity index (χ3n) is 5.26. The van der Waals surface area contributed by atoms with Gasteiger partial charge in [-0.2, -0.15) is 0 Å². The molecule has 1 amide bonds. The smallest absolute Gasteiger partial charge is 0.255 e. The summed E-state index contributed by atoms with van der Waals surface area (Å²) in [5.41, 5.74) is 4.29.